The van der Waals surface area contributed by atoms with Crippen molar-refractivity contribution in [3.8, 4) is 0 Å². The number of carbonyl (C=O) groups is 2. The van der Waals surface area contributed by atoms with Gasteiger partial charge in [-0.1, -0.05) is 19.1 Å². The highest BCUT2D eigenvalue weighted by molar-refractivity contribution is 7.89. The minimum absolute atomic E-state index is 0.0109. The molecule has 0 bridgehead atoms. The van der Waals surface area contributed by atoms with Gasteiger partial charge in [-0.2, -0.15) is 0 Å². The summed E-state index contributed by atoms with van der Waals surface area (Å²) in [5.74, 6) is -0.355. The number of amides is 3. The molecule has 0 aliphatic carbocycles. The van der Waals surface area contributed by atoms with Gasteiger partial charge in [0.05, 0.1) is 11.4 Å². The van der Waals surface area contributed by atoms with Crippen LogP contribution in [0.15, 0.2) is 29.2 Å². The van der Waals surface area contributed by atoms with Crippen LogP contribution in [0.3, 0.4) is 0 Å². The van der Waals surface area contributed by atoms with Crippen LogP contribution in [0.4, 0.5) is 4.79 Å². The highest BCUT2D eigenvalue weighted by Crippen LogP contribution is 2.10. The average Bonchev–Trinajstić information content (AvgIpc) is 2.79. The summed E-state index contributed by atoms with van der Waals surface area (Å²) in [5, 5.41) is 2.37. The van der Waals surface area contributed by atoms with E-state index in [1.54, 1.807) is 12.1 Å². The first-order chi connectivity index (χ1) is 9.94. The number of aryl methyl sites for hydroxylation is 1. The summed E-state index contributed by atoms with van der Waals surface area (Å²) in [7, 11) is -3.63. The number of benzene rings is 1. The Hall–Kier alpha value is -1.93. The minimum Gasteiger partial charge on any atom is -0.329 e. The quantitative estimate of drug-likeness (QED) is 0.727. The number of urea groups is 1. The Kier molecular flexibility index (Phi) is 4.59. The maximum atomic E-state index is 12.1. The number of sulfonamides is 1. The molecule has 8 heteroatoms. The summed E-state index contributed by atoms with van der Waals surface area (Å²) in [6.07, 6.45) is 0.833. The monoisotopic (exact) mass is 311 g/mol. The molecule has 0 saturated carbocycles. The molecule has 0 spiro atoms. The molecule has 1 heterocycles. The lowest BCUT2D eigenvalue weighted by molar-refractivity contribution is -0.124. The van der Waals surface area contributed by atoms with E-state index in [1.165, 1.54) is 12.1 Å². The Balaban J connectivity index is 1.94. The lowest BCUT2D eigenvalue weighted by Crippen LogP contribution is -2.38. The van der Waals surface area contributed by atoms with Crippen LogP contribution in [0.25, 0.3) is 0 Å². The van der Waals surface area contributed by atoms with Gasteiger partial charge in [0, 0.05) is 13.1 Å². The third kappa shape index (κ3) is 3.59. The zero-order valence-electron chi connectivity index (χ0n) is 11.6. The van der Waals surface area contributed by atoms with Gasteiger partial charge in [0.1, 0.15) is 0 Å². The Morgan fingerprint density at radius 3 is 2.43 bits per heavy atom. The Morgan fingerprint density at radius 1 is 1.24 bits per heavy atom. The Bertz CT molecular complexity index is 624. The van der Waals surface area contributed by atoms with Gasteiger partial charge in [-0.15, -0.1) is 0 Å². The van der Waals surface area contributed by atoms with E-state index in [9.17, 15) is 18.0 Å². The van der Waals surface area contributed by atoms with E-state index < -0.39 is 16.1 Å². The molecule has 1 aliphatic rings. The molecule has 7 nitrogen and oxygen atoms in total. The molecule has 1 aliphatic heterocycles. The smallest absolute Gasteiger partial charge is 0.324 e. The normalized spacial score (nSPS) is 15.4. The molecule has 1 fully saturated rings. The molecule has 1 aromatic rings. The van der Waals surface area contributed by atoms with Crippen LogP contribution in [0.1, 0.15) is 12.5 Å². The van der Waals surface area contributed by atoms with Gasteiger partial charge in [0.2, 0.25) is 15.9 Å². The first kappa shape index (κ1) is 15.5. The van der Waals surface area contributed by atoms with E-state index in [1.807, 2.05) is 6.92 Å². The van der Waals surface area contributed by atoms with Gasteiger partial charge in [-0.3, -0.25) is 9.69 Å². The first-order valence-electron chi connectivity index (χ1n) is 6.61. The largest absolute Gasteiger partial charge is 0.329 e. The second-order valence-electron chi connectivity index (χ2n) is 4.60. The fourth-order valence-electron chi connectivity index (χ4n) is 1.96. The van der Waals surface area contributed by atoms with Crippen molar-refractivity contribution in [1.82, 2.24) is 14.9 Å². The van der Waals surface area contributed by atoms with Crippen LogP contribution in [0.5, 0.6) is 0 Å². The highest BCUT2D eigenvalue weighted by atomic mass is 32.2. The second-order valence-corrected chi connectivity index (χ2v) is 6.37. The lowest BCUT2D eigenvalue weighted by atomic mass is 10.2. The lowest BCUT2D eigenvalue weighted by Gasteiger charge is -2.13. The van der Waals surface area contributed by atoms with Crippen LogP contribution in [-0.2, 0) is 21.2 Å². The van der Waals surface area contributed by atoms with Crippen molar-refractivity contribution < 1.29 is 18.0 Å². The third-order valence-electron chi connectivity index (χ3n) is 3.21. The predicted molar refractivity (Wildman–Crippen MR) is 76.1 cm³/mol. The van der Waals surface area contributed by atoms with Gasteiger partial charge < -0.3 is 5.32 Å². The van der Waals surface area contributed by atoms with Crippen molar-refractivity contribution in [3.63, 3.8) is 0 Å². The zero-order valence-corrected chi connectivity index (χ0v) is 12.4. The van der Waals surface area contributed by atoms with Gasteiger partial charge in [-0.05, 0) is 24.1 Å². The molecule has 0 aromatic heterocycles. The summed E-state index contributed by atoms with van der Waals surface area (Å²) < 4.78 is 26.5. The molecule has 0 atom stereocenters. The van der Waals surface area contributed by atoms with Gasteiger partial charge in [0.25, 0.3) is 0 Å². The molecule has 114 valence electrons. The van der Waals surface area contributed by atoms with Gasteiger partial charge in [0.15, 0.2) is 0 Å². The number of hydrogen-bond acceptors (Lipinski definition) is 4. The number of nitrogens with zero attached hydrogens (tertiary/aromatic N) is 1. The van der Waals surface area contributed by atoms with E-state index in [0.29, 0.717) is 0 Å². The molecule has 1 saturated heterocycles. The van der Waals surface area contributed by atoms with Crippen LogP contribution < -0.4 is 10.0 Å². The molecule has 1 aromatic carbocycles. The molecule has 21 heavy (non-hydrogen) atoms. The topological polar surface area (TPSA) is 95.6 Å². The standard InChI is InChI=1S/C13H17N3O4S/c1-2-10-3-5-11(6-4-10)21(19,20)15-7-8-16-12(17)9-14-13(16)18/h3-6,15H,2,7-9H2,1H3,(H,14,18). The molecular weight excluding hydrogens is 294 g/mol. The van der Waals surface area contributed by atoms with Crippen molar-refractivity contribution in [2.75, 3.05) is 19.6 Å². The molecular formula is C13H17N3O4S. The van der Waals surface area contributed by atoms with Crippen molar-refractivity contribution >= 4 is 22.0 Å². The number of hydrogen-bond donors (Lipinski definition) is 2. The average molecular weight is 311 g/mol. The fourth-order valence-corrected chi connectivity index (χ4v) is 2.98. The number of rotatable bonds is 6. The number of imide groups is 1. The van der Waals surface area contributed by atoms with E-state index in [-0.39, 0.29) is 30.4 Å². The predicted octanol–water partition coefficient (Wildman–Crippen LogP) is 0.0791. The van der Waals surface area contributed by atoms with E-state index in [4.69, 9.17) is 0 Å². The summed E-state index contributed by atoms with van der Waals surface area (Å²) >= 11 is 0. The van der Waals surface area contributed by atoms with Crippen molar-refractivity contribution in [2.24, 2.45) is 0 Å². The Labute approximate surface area is 123 Å². The molecule has 0 unspecified atom stereocenters. The van der Waals surface area contributed by atoms with Crippen LogP contribution in [0.2, 0.25) is 0 Å². The van der Waals surface area contributed by atoms with E-state index >= 15 is 0 Å². The van der Waals surface area contributed by atoms with Crippen LogP contribution in [0, 0.1) is 0 Å². The number of carbonyl (C=O) groups excluding carboxylic acids is 2. The molecule has 3 amide bonds. The van der Waals surface area contributed by atoms with E-state index in [2.05, 4.69) is 10.0 Å². The fraction of sp³-hybridized carbons (Fsp3) is 0.385. The van der Waals surface area contributed by atoms with Crippen molar-refractivity contribution in [1.29, 1.82) is 0 Å². The summed E-state index contributed by atoms with van der Waals surface area (Å²) in [4.78, 5) is 23.8. The Morgan fingerprint density at radius 2 is 1.90 bits per heavy atom. The maximum absolute atomic E-state index is 12.1. The molecule has 2 rings (SSSR count). The molecule has 2 N–H and O–H groups in total. The van der Waals surface area contributed by atoms with E-state index in [0.717, 1.165) is 16.9 Å². The maximum Gasteiger partial charge on any atom is 0.324 e. The van der Waals surface area contributed by atoms with Crippen molar-refractivity contribution in [3.05, 3.63) is 29.8 Å². The second kappa shape index (κ2) is 6.23. The van der Waals surface area contributed by atoms with Gasteiger partial charge in [-0.25, -0.2) is 17.9 Å². The third-order valence-corrected chi connectivity index (χ3v) is 4.68. The zero-order chi connectivity index (χ0) is 15.5. The first-order valence-corrected chi connectivity index (χ1v) is 8.09. The van der Waals surface area contributed by atoms with Crippen LogP contribution in [-0.4, -0.2) is 44.9 Å². The minimum atomic E-state index is -3.63. The van der Waals surface area contributed by atoms with Crippen LogP contribution >= 0.6 is 0 Å². The summed E-state index contributed by atoms with van der Waals surface area (Å²) in [6, 6.07) is 6.09. The van der Waals surface area contributed by atoms with Gasteiger partial charge >= 0.3 is 6.03 Å². The summed E-state index contributed by atoms with van der Waals surface area (Å²) in [5.41, 5.74) is 1.05. The highest BCUT2D eigenvalue weighted by Gasteiger charge is 2.28. The summed E-state index contributed by atoms with van der Waals surface area (Å²) in [6.45, 7) is 1.94. The molecule has 0 radical (unpaired) electrons. The number of nitrogens with one attached hydrogen (secondary N) is 2. The van der Waals surface area contributed by atoms with Crippen molar-refractivity contribution in [2.45, 2.75) is 18.2 Å². The SMILES string of the molecule is CCc1ccc(S(=O)(=O)NCCN2C(=O)CNC2=O)cc1.